The Kier molecular flexibility index (Phi) is 6.99. The zero-order chi connectivity index (χ0) is 29.2. The first-order chi connectivity index (χ1) is 18.1. The van der Waals surface area contributed by atoms with Gasteiger partial charge in [0.2, 0.25) is 11.7 Å². The minimum absolute atomic E-state index is 0.128. The van der Waals surface area contributed by atoms with E-state index in [2.05, 4.69) is 5.32 Å². The standard InChI is InChI=1S/C28H34N2O9/c1-11-18-12(6-8-17(34)30-27(2,3)4)5-7-15(32)20(18)23(35)22-19(11)13(10-31)14-9-16(33)21(26(29)38)24(36)28(14,39)25(22)37/h5-8,11,13-14,19,22,25,31-33,37,39H,9-10H2,1-4H3,(H2,29,38)(H,30,34)/b8-6+/t11-,13+,14+,19-,22?,25?,28+/m0/s1. The third-order valence-electron chi connectivity index (χ3n) is 8.28. The molecular weight excluding hydrogens is 508 g/mol. The third-order valence-corrected chi connectivity index (χ3v) is 8.28. The van der Waals surface area contributed by atoms with Crippen LogP contribution in [0, 0.1) is 23.7 Å². The van der Waals surface area contributed by atoms with Gasteiger partial charge in [-0.2, -0.15) is 0 Å². The summed E-state index contributed by atoms with van der Waals surface area (Å²) >= 11 is 0. The van der Waals surface area contributed by atoms with E-state index in [0.29, 0.717) is 11.1 Å². The van der Waals surface area contributed by atoms with Crippen LogP contribution in [0.2, 0.25) is 0 Å². The number of ketones is 2. The maximum absolute atomic E-state index is 13.9. The zero-order valence-electron chi connectivity index (χ0n) is 22.1. The topological polar surface area (TPSA) is 207 Å². The molecule has 1 fully saturated rings. The number of phenolic OH excluding ortho intramolecular Hbond substituents is 1. The molecule has 8 N–H and O–H groups in total. The first-order valence-corrected chi connectivity index (χ1v) is 12.7. The number of carbonyl (C=O) groups excluding carboxylic acids is 4. The van der Waals surface area contributed by atoms with Gasteiger partial charge in [-0.05, 0) is 61.8 Å². The predicted octanol–water partition coefficient (Wildman–Crippen LogP) is 0.453. The molecule has 0 bridgehead atoms. The molecule has 3 aliphatic carbocycles. The summed E-state index contributed by atoms with van der Waals surface area (Å²) < 4.78 is 0. The third kappa shape index (κ3) is 4.34. The Hall–Kier alpha value is -3.54. The average molecular weight is 543 g/mol. The Balaban J connectivity index is 1.86. The van der Waals surface area contributed by atoms with Crippen LogP contribution in [-0.4, -0.2) is 72.8 Å². The molecule has 1 saturated carbocycles. The lowest BCUT2D eigenvalue weighted by Gasteiger charge is -2.57. The largest absolute Gasteiger partial charge is 0.511 e. The van der Waals surface area contributed by atoms with Crippen LogP contribution in [0.25, 0.3) is 6.08 Å². The highest BCUT2D eigenvalue weighted by molar-refractivity contribution is 6.23. The number of nitrogens with one attached hydrogen (secondary N) is 1. The fraction of sp³-hybridized carbons (Fsp3) is 0.500. The number of benzene rings is 1. The molecule has 1 aromatic carbocycles. The van der Waals surface area contributed by atoms with Gasteiger partial charge >= 0.3 is 0 Å². The molecule has 0 aliphatic heterocycles. The highest BCUT2D eigenvalue weighted by atomic mass is 16.4. The monoisotopic (exact) mass is 542 g/mol. The molecule has 11 heteroatoms. The number of allylic oxidation sites excluding steroid dienone is 1. The number of fused-ring (bicyclic) bond motifs is 3. The van der Waals surface area contributed by atoms with Crippen molar-refractivity contribution in [3.05, 3.63) is 46.2 Å². The van der Waals surface area contributed by atoms with E-state index in [1.807, 2.05) is 20.8 Å². The number of rotatable bonds is 4. The van der Waals surface area contributed by atoms with Gasteiger partial charge in [0.15, 0.2) is 11.4 Å². The average Bonchev–Trinajstić information content (AvgIpc) is 2.82. The molecule has 1 aromatic rings. The van der Waals surface area contributed by atoms with Crippen molar-refractivity contribution in [3.63, 3.8) is 0 Å². The molecule has 0 saturated heterocycles. The van der Waals surface area contributed by atoms with E-state index < -0.39 is 88.7 Å². The van der Waals surface area contributed by atoms with E-state index in [1.165, 1.54) is 18.2 Å². The van der Waals surface area contributed by atoms with E-state index in [1.54, 1.807) is 13.0 Å². The summed E-state index contributed by atoms with van der Waals surface area (Å²) in [6.45, 7) is 6.58. The van der Waals surface area contributed by atoms with Crippen molar-refractivity contribution in [3.8, 4) is 5.75 Å². The lowest BCUT2D eigenvalue weighted by molar-refractivity contribution is -0.201. The van der Waals surface area contributed by atoms with Gasteiger partial charge in [0.05, 0.1) is 11.5 Å². The number of aliphatic hydroxyl groups excluding tert-OH is 3. The van der Waals surface area contributed by atoms with Crippen LogP contribution in [0.15, 0.2) is 29.5 Å². The summed E-state index contributed by atoms with van der Waals surface area (Å²) in [4.78, 5) is 51.5. The minimum atomic E-state index is -2.68. The summed E-state index contributed by atoms with van der Waals surface area (Å²) in [5.41, 5.74) is 1.94. The molecule has 2 unspecified atom stereocenters. The number of aromatic hydroxyl groups is 1. The van der Waals surface area contributed by atoms with Gasteiger partial charge in [0, 0.05) is 30.6 Å². The van der Waals surface area contributed by atoms with Gasteiger partial charge in [-0.15, -0.1) is 0 Å². The quantitative estimate of drug-likeness (QED) is 0.208. The van der Waals surface area contributed by atoms with E-state index in [9.17, 15) is 44.7 Å². The molecule has 4 rings (SSSR count). The van der Waals surface area contributed by atoms with E-state index in [-0.39, 0.29) is 17.2 Å². The van der Waals surface area contributed by atoms with Crippen molar-refractivity contribution >= 4 is 29.5 Å². The van der Waals surface area contributed by atoms with Crippen LogP contribution in [0.3, 0.4) is 0 Å². The molecule has 2 amide bonds. The second-order valence-corrected chi connectivity index (χ2v) is 11.7. The molecule has 7 atom stereocenters. The first-order valence-electron chi connectivity index (χ1n) is 12.7. The maximum atomic E-state index is 13.9. The Bertz CT molecular complexity index is 1320. The summed E-state index contributed by atoms with van der Waals surface area (Å²) in [6, 6.07) is 2.82. The van der Waals surface area contributed by atoms with Gasteiger partial charge in [-0.3, -0.25) is 19.2 Å². The molecule has 0 spiro atoms. The van der Waals surface area contributed by atoms with E-state index >= 15 is 0 Å². The zero-order valence-corrected chi connectivity index (χ0v) is 22.1. The molecule has 0 aromatic heterocycles. The van der Waals surface area contributed by atoms with Gasteiger partial charge in [-0.25, -0.2) is 0 Å². The van der Waals surface area contributed by atoms with E-state index in [4.69, 9.17) is 5.73 Å². The van der Waals surface area contributed by atoms with E-state index in [0.717, 1.165) is 0 Å². The molecular formula is C28H34N2O9. The number of primary amides is 1. The van der Waals surface area contributed by atoms with Crippen molar-refractivity contribution < 1.29 is 44.7 Å². The number of phenols is 1. The number of Topliss-reactive ketones (excluding diaryl/α,β-unsaturated/α-hetero) is 2. The van der Waals surface area contributed by atoms with Crippen molar-refractivity contribution in [1.82, 2.24) is 5.32 Å². The number of amides is 2. The van der Waals surface area contributed by atoms with Crippen LogP contribution in [0.4, 0.5) is 0 Å². The summed E-state index contributed by atoms with van der Waals surface area (Å²) in [7, 11) is 0. The lowest BCUT2D eigenvalue weighted by atomic mass is 9.48. The molecule has 3 aliphatic rings. The number of carbonyl (C=O) groups is 4. The van der Waals surface area contributed by atoms with Gasteiger partial charge in [0.25, 0.3) is 5.91 Å². The highest BCUT2D eigenvalue weighted by Gasteiger charge is 2.67. The predicted molar refractivity (Wildman–Crippen MR) is 138 cm³/mol. The smallest absolute Gasteiger partial charge is 0.255 e. The van der Waals surface area contributed by atoms with Crippen molar-refractivity contribution in [2.45, 2.75) is 57.3 Å². The van der Waals surface area contributed by atoms with Crippen LogP contribution < -0.4 is 11.1 Å². The van der Waals surface area contributed by atoms with Crippen LogP contribution in [-0.2, 0) is 14.4 Å². The van der Waals surface area contributed by atoms with Gasteiger partial charge in [0.1, 0.15) is 23.2 Å². The highest BCUT2D eigenvalue weighted by Crippen LogP contribution is 2.58. The van der Waals surface area contributed by atoms with Gasteiger partial charge < -0.3 is 36.6 Å². The fourth-order valence-corrected chi connectivity index (χ4v) is 6.77. The summed E-state index contributed by atoms with van der Waals surface area (Å²) in [6.07, 6.45) is 0.349. The number of hydrogen-bond acceptors (Lipinski definition) is 9. The van der Waals surface area contributed by atoms with Crippen LogP contribution >= 0.6 is 0 Å². The van der Waals surface area contributed by atoms with Crippen molar-refractivity contribution in [1.29, 1.82) is 0 Å². The lowest BCUT2D eigenvalue weighted by Crippen LogP contribution is -2.70. The number of hydrogen-bond donors (Lipinski definition) is 7. The maximum Gasteiger partial charge on any atom is 0.255 e. The molecule has 210 valence electrons. The molecule has 39 heavy (non-hydrogen) atoms. The van der Waals surface area contributed by atoms with Crippen LogP contribution in [0.5, 0.6) is 5.75 Å². The molecule has 11 nitrogen and oxygen atoms in total. The summed E-state index contributed by atoms with van der Waals surface area (Å²) in [5.74, 6) is -9.88. The summed E-state index contributed by atoms with van der Waals surface area (Å²) in [5, 5.41) is 57.4. The second kappa shape index (κ2) is 9.58. The fourth-order valence-electron chi connectivity index (χ4n) is 6.77. The Morgan fingerprint density at radius 1 is 1.21 bits per heavy atom. The Morgan fingerprint density at radius 2 is 1.85 bits per heavy atom. The molecule has 0 heterocycles. The Morgan fingerprint density at radius 3 is 2.41 bits per heavy atom. The number of nitrogens with two attached hydrogens (primary N) is 1. The number of aliphatic hydroxyl groups is 4. The van der Waals surface area contributed by atoms with Gasteiger partial charge in [-0.1, -0.05) is 13.0 Å². The van der Waals surface area contributed by atoms with Crippen LogP contribution in [0.1, 0.15) is 61.5 Å². The van der Waals surface area contributed by atoms with Crippen molar-refractivity contribution in [2.75, 3.05) is 6.61 Å². The Labute approximate surface area is 225 Å². The molecule has 0 radical (unpaired) electrons. The SMILES string of the molecule is C[C@H]1c2c(/C=C/C(=O)NC(C)(C)C)ccc(O)c2C(=O)C2C(O)[C@]3(O)C(=O)C(C(N)=O)=C(O)C[C@@H]3[C@@H](CO)[C@@H]21. The van der Waals surface area contributed by atoms with Crippen molar-refractivity contribution in [2.24, 2.45) is 29.4 Å². The second-order valence-electron chi connectivity index (χ2n) is 11.7. The first kappa shape index (κ1) is 28.5. The minimum Gasteiger partial charge on any atom is -0.511 e. The normalized spacial score (nSPS) is 32.5.